The first-order chi connectivity index (χ1) is 11.8. The zero-order valence-electron chi connectivity index (χ0n) is 13.1. The van der Waals surface area contributed by atoms with Gasteiger partial charge < -0.3 is 14.4 Å². The van der Waals surface area contributed by atoms with Crippen LogP contribution < -0.4 is 0 Å². The highest BCUT2D eigenvalue weighted by atomic mass is 19.4. The van der Waals surface area contributed by atoms with Gasteiger partial charge in [-0.3, -0.25) is 4.79 Å². The Morgan fingerprint density at radius 3 is 2.44 bits per heavy atom. The predicted octanol–water partition coefficient (Wildman–Crippen LogP) is 3.50. The van der Waals surface area contributed by atoms with Crippen molar-refractivity contribution in [1.29, 1.82) is 0 Å². The third kappa shape index (κ3) is 5.66. The SMILES string of the molecule is O=C(O)c1ccccc1CCC(=O)N(Cc1ccco1)CC(F)(F)F. The molecule has 0 atom stereocenters. The van der Waals surface area contributed by atoms with Crippen molar-refractivity contribution in [2.45, 2.75) is 25.6 Å². The van der Waals surface area contributed by atoms with Gasteiger partial charge in [0.1, 0.15) is 12.3 Å². The molecule has 1 N–H and O–H groups in total. The molecule has 0 spiro atoms. The van der Waals surface area contributed by atoms with Crippen LogP contribution >= 0.6 is 0 Å². The standard InChI is InChI=1S/C17H16F3NO4/c18-17(19,20)11-21(10-13-5-3-9-25-13)15(22)8-7-12-4-1-2-6-14(12)16(23)24/h1-6,9H,7-8,10-11H2,(H,23,24). The number of rotatable bonds is 7. The molecule has 1 aromatic heterocycles. The smallest absolute Gasteiger partial charge is 0.406 e. The minimum atomic E-state index is -4.54. The molecule has 0 radical (unpaired) electrons. The summed E-state index contributed by atoms with van der Waals surface area (Å²) in [6.45, 7) is -1.70. The van der Waals surface area contributed by atoms with Crippen molar-refractivity contribution in [2.24, 2.45) is 0 Å². The summed E-state index contributed by atoms with van der Waals surface area (Å²) < 4.78 is 43.2. The molecule has 1 aromatic carbocycles. The van der Waals surface area contributed by atoms with Crippen molar-refractivity contribution >= 4 is 11.9 Å². The number of hydrogen-bond donors (Lipinski definition) is 1. The Hall–Kier alpha value is -2.77. The molecule has 1 amide bonds. The number of carboxylic acid groups (broad SMARTS) is 1. The molecular formula is C17H16F3NO4. The summed E-state index contributed by atoms with van der Waals surface area (Å²) in [5.74, 6) is -1.64. The highest BCUT2D eigenvalue weighted by Gasteiger charge is 2.33. The monoisotopic (exact) mass is 355 g/mol. The van der Waals surface area contributed by atoms with Gasteiger partial charge in [-0.25, -0.2) is 4.79 Å². The molecule has 2 aromatic rings. The van der Waals surface area contributed by atoms with E-state index in [0.717, 1.165) is 0 Å². The zero-order chi connectivity index (χ0) is 18.4. The molecule has 0 fully saturated rings. The molecule has 134 valence electrons. The van der Waals surface area contributed by atoms with Crippen LogP contribution in [0.25, 0.3) is 0 Å². The quantitative estimate of drug-likeness (QED) is 0.825. The van der Waals surface area contributed by atoms with E-state index in [4.69, 9.17) is 9.52 Å². The Morgan fingerprint density at radius 1 is 1.12 bits per heavy atom. The van der Waals surface area contributed by atoms with Crippen LogP contribution in [0.1, 0.15) is 28.1 Å². The number of hydrogen-bond acceptors (Lipinski definition) is 3. The van der Waals surface area contributed by atoms with Crippen LogP contribution in [0.2, 0.25) is 0 Å². The summed E-state index contributed by atoms with van der Waals surface area (Å²) in [4.78, 5) is 24.0. The molecule has 5 nitrogen and oxygen atoms in total. The molecule has 0 saturated heterocycles. The van der Waals surface area contributed by atoms with Crippen LogP contribution in [-0.4, -0.2) is 34.6 Å². The first kappa shape index (κ1) is 18.6. The van der Waals surface area contributed by atoms with Crippen LogP contribution in [-0.2, 0) is 17.8 Å². The summed E-state index contributed by atoms with van der Waals surface area (Å²) in [6.07, 6.45) is -3.43. The van der Waals surface area contributed by atoms with E-state index in [1.54, 1.807) is 12.1 Å². The van der Waals surface area contributed by atoms with Crippen molar-refractivity contribution in [1.82, 2.24) is 4.90 Å². The van der Waals surface area contributed by atoms with E-state index in [2.05, 4.69) is 0 Å². The Kier molecular flexibility index (Phi) is 5.84. The van der Waals surface area contributed by atoms with Gasteiger partial charge in [0.15, 0.2) is 0 Å². The fraction of sp³-hybridized carbons (Fsp3) is 0.294. The van der Waals surface area contributed by atoms with Gasteiger partial charge in [0.05, 0.1) is 18.4 Å². The Balaban J connectivity index is 2.07. The summed E-state index contributed by atoms with van der Waals surface area (Å²) in [7, 11) is 0. The summed E-state index contributed by atoms with van der Waals surface area (Å²) in [5, 5.41) is 9.11. The lowest BCUT2D eigenvalue weighted by Gasteiger charge is -2.23. The van der Waals surface area contributed by atoms with Crippen molar-refractivity contribution in [3.63, 3.8) is 0 Å². The van der Waals surface area contributed by atoms with E-state index >= 15 is 0 Å². The molecule has 0 bridgehead atoms. The van der Waals surface area contributed by atoms with Gasteiger partial charge in [0, 0.05) is 6.42 Å². The highest BCUT2D eigenvalue weighted by Crippen LogP contribution is 2.20. The van der Waals surface area contributed by atoms with Gasteiger partial charge in [-0.15, -0.1) is 0 Å². The molecule has 2 rings (SSSR count). The van der Waals surface area contributed by atoms with Gasteiger partial charge in [-0.1, -0.05) is 18.2 Å². The minimum absolute atomic E-state index is 0.0312. The van der Waals surface area contributed by atoms with Crippen LogP contribution in [0.5, 0.6) is 0 Å². The topological polar surface area (TPSA) is 70.8 Å². The second-order valence-electron chi connectivity index (χ2n) is 5.41. The van der Waals surface area contributed by atoms with Gasteiger partial charge in [0.2, 0.25) is 5.91 Å². The van der Waals surface area contributed by atoms with Crippen molar-refractivity contribution in [3.8, 4) is 0 Å². The molecular weight excluding hydrogens is 339 g/mol. The summed E-state index contributed by atoms with van der Waals surface area (Å²) in [6, 6.07) is 9.09. The molecule has 25 heavy (non-hydrogen) atoms. The lowest BCUT2D eigenvalue weighted by Crippen LogP contribution is -2.38. The van der Waals surface area contributed by atoms with Crippen molar-refractivity contribution in [3.05, 3.63) is 59.5 Å². The number of aromatic carboxylic acids is 1. The highest BCUT2D eigenvalue weighted by molar-refractivity contribution is 5.89. The van der Waals surface area contributed by atoms with Crippen LogP contribution in [0.4, 0.5) is 13.2 Å². The lowest BCUT2D eigenvalue weighted by molar-refractivity contribution is -0.162. The summed E-state index contributed by atoms with van der Waals surface area (Å²) >= 11 is 0. The number of alkyl halides is 3. The second-order valence-corrected chi connectivity index (χ2v) is 5.41. The first-order valence-electron chi connectivity index (χ1n) is 7.44. The third-order valence-corrected chi connectivity index (χ3v) is 3.51. The fourth-order valence-electron chi connectivity index (χ4n) is 2.39. The maximum absolute atomic E-state index is 12.7. The average molecular weight is 355 g/mol. The van der Waals surface area contributed by atoms with Gasteiger partial charge in [0.25, 0.3) is 0 Å². The number of carboxylic acids is 1. The molecule has 8 heteroatoms. The van der Waals surface area contributed by atoms with E-state index in [9.17, 15) is 22.8 Å². The zero-order valence-corrected chi connectivity index (χ0v) is 13.1. The van der Waals surface area contributed by atoms with E-state index < -0.39 is 24.6 Å². The lowest BCUT2D eigenvalue weighted by atomic mass is 10.0. The number of furan rings is 1. The molecule has 0 saturated carbocycles. The van der Waals surface area contributed by atoms with Gasteiger partial charge >= 0.3 is 12.1 Å². The number of nitrogens with zero attached hydrogens (tertiary/aromatic N) is 1. The van der Waals surface area contributed by atoms with Gasteiger partial charge in [-0.2, -0.15) is 13.2 Å². The van der Waals surface area contributed by atoms with E-state index in [1.807, 2.05) is 0 Å². The average Bonchev–Trinajstić information content (AvgIpc) is 3.04. The van der Waals surface area contributed by atoms with E-state index in [0.29, 0.717) is 10.5 Å². The van der Waals surface area contributed by atoms with Crippen LogP contribution in [0, 0.1) is 0 Å². The maximum Gasteiger partial charge on any atom is 0.406 e. The van der Waals surface area contributed by atoms with E-state index in [-0.39, 0.29) is 30.7 Å². The number of amides is 1. The Labute approximate surface area is 141 Å². The molecule has 0 aliphatic rings. The predicted molar refractivity (Wildman–Crippen MR) is 81.9 cm³/mol. The molecule has 0 aliphatic heterocycles. The molecule has 1 heterocycles. The molecule has 0 unspecified atom stereocenters. The Morgan fingerprint density at radius 2 is 1.84 bits per heavy atom. The fourth-order valence-corrected chi connectivity index (χ4v) is 2.39. The number of carbonyl (C=O) groups is 2. The number of halogens is 3. The minimum Gasteiger partial charge on any atom is -0.478 e. The Bertz CT molecular complexity index is 726. The number of carbonyl (C=O) groups excluding carboxylic acids is 1. The summed E-state index contributed by atoms with van der Waals surface area (Å²) in [5.41, 5.74) is 0.428. The van der Waals surface area contributed by atoms with Crippen LogP contribution in [0.3, 0.4) is 0 Å². The van der Waals surface area contributed by atoms with Crippen LogP contribution in [0.15, 0.2) is 47.1 Å². The first-order valence-corrected chi connectivity index (χ1v) is 7.44. The maximum atomic E-state index is 12.7. The van der Waals surface area contributed by atoms with E-state index in [1.165, 1.54) is 30.5 Å². The number of aryl methyl sites for hydroxylation is 1. The van der Waals surface area contributed by atoms with Crippen molar-refractivity contribution < 1.29 is 32.3 Å². The number of benzene rings is 1. The largest absolute Gasteiger partial charge is 0.478 e. The third-order valence-electron chi connectivity index (χ3n) is 3.51. The molecule has 0 aliphatic carbocycles. The van der Waals surface area contributed by atoms with Gasteiger partial charge in [-0.05, 0) is 30.2 Å². The second kappa shape index (κ2) is 7.87. The van der Waals surface area contributed by atoms with Crippen molar-refractivity contribution in [2.75, 3.05) is 6.54 Å². The normalized spacial score (nSPS) is 11.3.